The third-order valence-electron chi connectivity index (χ3n) is 3.97. The Morgan fingerprint density at radius 2 is 2.24 bits per heavy atom. The summed E-state index contributed by atoms with van der Waals surface area (Å²) in [7, 11) is 2.11. The van der Waals surface area contributed by atoms with Crippen LogP contribution in [0.4, 0.5) is 0 Å². The van der Waals surface area contributed by atoms with E-state index in [-0.39, 0.29) is 0 Å². The molecule has 90 valence electrons. The van der Waals surface area contributed by atoms with E-state index in [4.69, 9.17) is 11.6 Å². The van der Waals surface area contributed by atoms with Crippen molar-refractivity contribution in [3.05, 3.63) is 34.5 Å². The molecule has 1 fully saturated rings. The number of para-hydroxylation sites is 1. The van der Waals surface area contributed by atoms with Crippen LogP contribution in [0.25, 0.3) is 10.9 Å². The van der Waals surface area contributed by atoms with Gasteiger partial charge in [0, 0.05) is 24.7 Å². The molecule has 1 aromatic carbocycles. The molecule has 1 N–H and O–H groups in total. The lowest BCUT2D eigenvalue weighted by Crippen LogP contribution is -2.08. The van der Waals surface area contributed by atoms with Crippen molar-refractivity contribution in [2.24, 2.45) is 7.05 Å². The molecule has 2 aromatic rings. The van der Waals surface area contributed by atoms with E-state index in [0.29, 0.717) is 5.92 Å². The highest BCUT2D eigenvalue weighted by Crippen LogP contribution is 2.36. The molecule has 1 aliphatic heterocycles. The maximum Gasteiger partial charge on any atom is 0.0672 e. The molecule has 0 spiro atoms. The van der Waals surface area contributed by atoms with Crippen molar-refractivity contribution in [2.45, 2.75) is 19.3 Å². The van der Waals surface area contributed by atoms with Crippen molar-refractivity contribution in [1.82, 2.24) is 9.88 Å². The molecule has 0 aliphatic carbocycles. The summed E-state index contributed by atoms with van der Waals surface area (Å²) >= 11 is 6.32. The van der Waals surface area contributed by atoms with E-state index in [1.54, 1.807) is 0 Å². The van der Waals surface area contributed by atoms with Crippen molar-refractivity contribution >= 4 is 22.5 Å². The Labute approximate surface area is 107 Å². The second kappa shape index (κ2) is 4.04. The molecule has 0 bridgehead atoms. The molecule has 0 radical (unpaired) electrons. The van der Waals surface area contributed by atoms with Gasteiger partial charge in [-0.25, -0.2) is 0 Å². The average Bonchev–Trinajstić information content (AvgIpc) is 2.89. The second-order valence-electron chi connectivity index (χ2n) is 4.88. The number of aromatic nitrogens is 1. The minimum absolute atomic E-state index is 0.636. The van der Waals surface area contributed by atoms with Gasteiger partial charge in [0.2, 0.25) is 0 Å². The lowest BCUT2D eigenvalue weighted by molar-refractivity contribution is 0.751. The summed E-state index contributed by atoms with van der Waals surface area (Å²) < 4.78 is 2.23. The fourth-order valence-corrected chi connectivity index (χ4v) is 3.33. The van der Waals surface area contributed by atoms with Gasteiger partial charge in [-0.3, -0.25) is 0 Å². The van der Waals surface area contributed by atoms with Crippen LogP contribution in [0.5, 0.6) is 0 Å². The number of hydrogen-bond donors (Lipinski definition) is 1. The van der Waals surface area contributed by atoms with Crippen molar-refractivity contribution < 1.29 is 0 Å². The van der Waals surface area contributed by atoms with E-state index in [2.05, 4.69) is 36.0 Å². The van der Waals surface area contributed by atoms with E-state index in [1.807, 2.05) is 6.07 Å². The predicted octanol–water partition coefficient (Wildman–Crippen LogP) is 3.22. The molecule has 1 unspecified atom stereocenters. The standard InChI is InChI=1S/C14H17ClN2/c1-9-13(10-6-7-16-8-10)11-4-3-5-12(15)14(11)17(9)2/h3-5,10,16H,6-8H2,1-2H3. The third kappa shape index (κ3) is 1.59. The van der Waals surface area contributed by atoms with Crippen LogP contribution in [0, 0.1) is 6.92 Å². The zero-order valence-corrected chi connectivity index (χ0v) is 11.0. The molecule has 2 heterocycles. The summed E-state index contributed by atoms with van der Waals surface area (Å²) in [5.74, 6) is 0.636. The summed E-state index contributed by atoms with van der Waals surface area (Å²) in [6.07, 6.45) is 1.23. The van der Waals surface area contributed by atoms with Crippen LogP contribution >= 0.6 is 11.6 Å². The highest BCUT2D eigenvalue weighted by molar-refractivity contribution is 6.35. The normalized spacial score (nSPS) is 20.3. The van der Waals surface area contributed by atoms with Crippen molar-refractivity contribution in [3.8, 4) is 0 Å². The number of hydrogen-bond acceptors (Lipinski definition) is 1. The first-order chi connectivity index (χ1) is 8.20. The van der Waals surface area contributed by atoms with Crippen LogP contribution in [0.2, 0.25) is 5.02 Å². The van der Waals surface area contributed by atoms with Gasteiger partial charge in [-0.1, -0.05) is 23.7 Å². The summed E-state index contributed by atoms with van der Waals surface area (Å²) in [6.45, 7) is 4.41. The van der Waals surface area contributed by atoms with Gasteiger partial charge in [0.1, 0.15) is 0 Å². The van der Waals surface area contributed by atoms with Crippen molar-refractivity contribution in [1.29, 1.82) is 0 Å². The van der Waals surface area contributed by atoms with E-state index < -0.39 is 0 Å². The Morgan fingerprint density at radius 1 is 1.41 bits per heavy atom. The van der Waals surface area contributed by atoms with Gasteiger partial charge in [-0.15, -0.1) is 0 Å². The zero-order chi connectivity index (χ0) is 12.0. The molecule has 2 nitrogen and oxygen atoms in total. The number of halogens is 1. The predicted molar refractivity (Wildman–Crippen MR) is 72.9 cm³/mol. The number of benzene rings is 1. The van der Waals surface area contributed by atoms with Crippen molar-refractivity contribution in [3.63, 3.8) is 0 Å². The lowest BCUT2D eigenvalue weighted by Gasteiger charge is -2.09. The number of rotatable bonds is 1. The molecule has 17 heavy (non-hydrogen) atoms. The Hall–Kier alpha value is -0.990. The van der Waals surface area contributed by atoms with E-state index in [0.717, 1.165) is 18.1 Å². The topological polar surface area (TPSA) is 17.0 Å². The Morgan fingerprint density at radius 3 is 2.94 bits per heavy atom. The lowest BCUT2D eigenvalue weighted by atomic mass is 9.95. The van der Waals surface area contributed by atoms with E-state index in [9.17, 15) is 0 Å². The molecule has 3 rings (SSSR count). The van der Waals surface area contributed by atoms with Gasteiger partial charge in [0.05, 0.1) is 10.5 Å². The summed E-state index contributed by atoms with van der Waals surface area (Å²) in [5, 5.41) is 5.62. The number of nitrogens with one attached hydrogen (secondary N) is 1. The minimum Gasteiger partial charge on any atom is -0.346 e. The van der Waals surface area contributed by atoms with Gasteiger partial charge >= 0.3 is 0 Å². The first-order valence-electron chi connectivity index (χ1n) is 6.14. The van der Waals surface area contributed by atoms with Crippen LogP contribution in [0.15, 0.2) is 18.2 Å². The third-order valence-corrected chi connectivity index (χ3v) is 4.28. The molecule has 1 saturated heterocycles. The smallest absolute Gasteiger partial charge is 0.0672 e. The summed E-state index contributed by atoms with van der Waals surface area (Å²) in [6, 6.07) is 6.22. The molecule has 0 saturated carbocycles. The summed E-state index contributed by atoms with van der Waals surface area (Å²) in [4.78, 5) is 0. The number of nitrogens with zero attached hydrogens (tertiary/aromatic N) is 1. The van der Waals surface area contributed by atoms with Gasteiger partial charge in [0.15, 0.2) is 0 Å². The Balaban J connectivity index is 2.30. The van der Waals surface area contributed by atoms with Gasteiger partial charge < -0.3 is 9.88 Å². The largest absolute Gasteiger partial charge is 0.346 e. The SMILES string of the molecule is Cc1c(C2CCNC2)c2cccc(Cl)c2n1C. The highest BCUT2D eigenvalue weighted by Gasteiger charge is 2.24. The monoisotopic (exact) mass is 248 g/mol. The first-order valence-corrected chi connectivity index (χ1v) is 6.52. The van der Waals surface area contributed by atoms with Crippen LogP contribution in [0.3, 0.4) is 0 Å². The molecule has 1 atom stereocenters. The maximum absolute atomic E-state index is 6.32. The van der Waals surface area contributed by atoms with Gasteiger partial charge in [-0.2, -0.15) is 0 Å². The van der Waals surface area contributed by atoms with Crippen molar-refractivity contribution in [2.75, 3.05) is 13.1 Å². The first kappa shape index (κ1) is 11.1. The average molecular weight is 249 g/mol. The van der Waals surface area contributed by atoms with Crippen LogP contribution in [-0.4, -0.2) is 17.7 Å². The molecular formula is C14H17ClN2. The highest BCUT2D eigenvalue weighted by atomic mass is 35.5. The quantitative estimate of drug-likeness (QED) is 0.820. The number of fused-ring (bicyclic) bond motifs is 1. The maximum atomic E-state index is 6.32. The van der Waals surface area contributed by atoms with Gasteiger partial charge in [-0.05, 0) is 37.4 Å². The zero-order valence-electron chi connectivity index (χ0n) is 10.3. The molecule has 0 amide bonds. The van der Waals surface area contributed by atoms with Gasteiger partial charge in [0.25, 0.3) is 0 Å². The molecular weight excluding hydrogens is 232 g/mol. The summed E-state index contributed by atoms with van der Waals surface area (Å²) in [5.41, 5.74) is 4.00. The fraction of sp³-hybridized carbons (Fsp3) is 0.429. The molecule has 1 aromatic heterocycles. The number of aryl methyl sites for hydroxylation is 1. The van der Waals surface area contributed by atoms with Crippen LogP contribution in [0.1, 0.15) is 23.6 Å². The van der Waals surface area contributed by atoms with E-state index >= 15 is 0 Å². The molecule has 1 aliphatic rings. The van der Waals surface area contributed by atoms with E-state index in [1.165, 1.54) is 28.6 Å². The Bertz CT molecular complexity index is 565. The molecule has 3 heteroatoms. The fourth-order valence-electron chi connectivity index (χ4n) is 3.03. The van der Waals surface area contributed by atoms with Crippen LogP contribution in [-0.2, 0) is 7.05 Å². The van der Waals surface area contributed by atoms with Crippen LogP contribution < -0.4 is 5.32 Å². The second-order valence-corrected chi connectivity index (χ2v) is 5.29. The minimum atomic E-state index is 0.636. The Kier molecular flexibility index (Phi) is 2.64.